The molecule has 33 nitrogen and oxygen atoms in total. The first-order chi connectivity index (χ1) is 54.1. The fourth-order valence-corrected chi connectivity index (χ4v) is 14.8. The SMILES string of the molecule is CC(C)C[C@H](N)C(=O)N[C@H]1C(=O)N[C@@H](CC(N)=O)C(=O)N[C@H]2C(=O)NC3C(=O)N[C@H](C(=O)N[C@H](C(=O)O)c4cc(O)cc(O)c4-c4cc3ccc4O)[C@H](O)c3ccc(c(Cl)c3)Oc3cc2cc(c3OC2O[C@H](CO)[C@@H](O)[C@H](O)C2O[C@H]2C[C@](C)(NCc3ccc(-c4ccc(Cl)cc4)cc3)[C@H](O)[C@H](C)O2)Oc2ccc(cc2Cl)[C@H]1O. The third-order valence-corrected chi connectivity index (χ3v) is 21.1. The molecule has 7 heterocycles. The quantitative estimate of drug-likeness (QED) is 0.0650. The maximum atomic E-state index is 16.2. The summed E-state index contributed by atoms with van der Waals surface area (Å²) in [5.41, 5.74) is 10.5. The van der Waals surface area contributed by atoms with Gasteiger partial charge in [-0.1, -0.05) is 103 Å². The molecule has 7 aliphatic rings. The molecular formula is C78H82Cl3N9O24. The Morgan fingerprint density at radius 1 is 0.658 bits per heavy atom. The van der Waals surface area contributed by atoms with Gasteiger partial charge < -0.3 is 128 Å². The number of phenolic OH excluding ortho intramolecular Hbond substituents is 3. The Labute approximate surface area is 664 Å². The fraction of sp³-hybridized carbons (Fsp3) is 0.359. The number of amides is 7. The van der Waals surface area contributed by atoms with Gasteiger partial charge in [0, 0.05) is 46.3 Å². The Hall–Kier alpha value is -10.5. The van der Waals surface area contributed by atoms with Gasteiger partial charge in [0.15, 0.2) is 29.9 Å². The van der Waals surface area contributed by atoms with Crippen molar-refractivity contribution in [1.29, 1.82) is 0 Å². The van der Waals surface area contributed by atoms with Crippen LogP contribution in [-0.4, -0.2) is 184 Å². The number of carbonyl (C=O) groups excluding carboxylic acids is 7. The van der Waals surface area contributed by atoms with E-state index in [1.54, 1.807) is 39.8 Å². The second kappa shape index (κ2) is 34.3. The summed E-state index contributed by atoms with van der Waals surface area (Å²) in [6, 6.07) is 13.8. The van der Waals surface area contributed by atoms with Crippen molar-refractivity contribution in [1.82, 2.24) is 37.2 Å². The first-order valence-corrected chi connectivity index (χ1v) is 37.0. The lowest BCUT2D eigenvalue weighted by atomic mass is 9.84. The van der Waals surface area contributed by atoms with E-state index < -0.39 is 237 Å². The summed E-state index contributed by atoms with van der Waals surface area (Å²) in [6.45, 7) is 6.02. The molecule has 7 amide bonds. The second-order valence-electron chi connectivity index (χ2n) is 28.9. The van der Waals surface area contributed by atoms with Crippen molar-refractivity contribution in [2.75, 3.05) is 6.61 Å². The smallest absolute Gasteiger partial charge is 0.330 e. The highest BCUT2D eigenvalue weighted by Gasteiger charge is 2.52. The minimum atomic E-state index is -2.37. The van der Waals surface area contributed by atoms with Gasteiger partial charge in [-0.05, 0) is 132 Å². The average molecular weight is 1640 g/mol. The maximum Gasteiger partial charge on any atom is 0.330 e. The number of aromatic hydroxyl groups is 3. The monoisotopic (exact) mass is 1630 g/mol. The van der Waals surface area contributed by atoms with Crippen LogP contribution in [0.2, 0.25) is 15.1 Å². The summed E-state index contributed by atoms with van der Waals surface area (Å²) in [7, 11) is 0. The third-order valence-electron chi connectivity index (χ3n) is 20.3. The topological polar surface area (TPSA) is 530 Å². The molecule has 3 unspecified atom stereocenters. The van der Waals surface area contributed by atoms with Gasteiger partial charge in [-0.3, -0.25) is 33.6 Å². The lowest BCUT2D eigenvalue weighted by Gasteiger charge is -2.48. The van der Waals surface area contributed by atoms with Crippen molar-refractivity contribution in [3.63, 3.8) is 0 Å². The number of ether oxygens (including phenoxy) is 6. The number of nitrogens with two attached hydrogens (primary N) is 2. The van der Waals surface area contributed by atoms with E-state index >= 15 is 14.4 Å². The Morgan fingerprint density at radius 2 is 1.25 bits per heavy atom. The van der Waals surface area contributed by atoms with Crippen molar-refractivity contribution in [3.8, 4) is 68.2 Å². The lowest BCUT2D eigenvalue weighted by Crippen LogP contribution is -2.65. The zero-order valence-electron chi connectivity index (χ0n) is 61.0. The summed E-state index contributed by atoms with van der Waals surface area (Å²) in [4.78, 5) is 117. The number of benzene rings is 7. The molecular weight excluding hydrogens is 1550 g/mol. The lowest BCUT2D eigenvalue weighted by molar-refractivity contribution is -0.334. The predicted molar refractivity (Wildman–Crippen MR) is 404 cm³/mol. The molecule has 36 heteroatoms. The van der Waals surface area contributed by atoms with Crippen LogP contribution in [0.3, 0.4) is 0 Å². The van der Waals surface area contributed by atoms with E-state index in [1.165, 1.54) is 12.1 Å². The van der Waals surface area contributed by atoms with Crippen LogP contribution < -0.4 is 62.9 Å². The number of halogens is 3. The molecule has 7 aliphatic heterocycles. The largest absolute Gasteiger partial charge is 0.508 e. The molecule has 18 atom stereocenters. The van der Waals surface area contributed by atoms with Gasteiger partial charge in [-0.15, -0.1) is 0 Å². The van der Waals surface area contributed by atoms with E-state index in [2.05, 4.69) is 37.2 Å². The number of phenols is 3. The van der Waals surface area contributed by atoms with Crippen LogP contribution in [0.5, 0.6) is 46.0 Å². The van der Waals surface area contributed by atoms with Crippen LogP contribution in [0.15, 0.2) is 127 Å². The molecule has 0 aliphatic carbocycles. The maximum absolute atomic E-state index is 16.2. The highest BCUT2D eigenvalue weighted by Crippen LogP contribution is 2.50. The summed E-state index contributed by atoms with van der Waals surface area (Å²) in [6.07, 6.45) is -18.9. The van der Waals surface area contributed by atoms with E-state index in [0.29, 0.717) is 5.02 Å². The van der Waals surface area contributed by atoms with Gasteiger partial charge in [0.05, 0.1) is 41.3 Å². The second-order valence-corrected chi connectivity index (χ2v) is 30.2. The van der Waals surface area contributed by atoms with Crippen LogP contribution in [0.1, 0.15) is 111 Å². The van der Waals surface area contributed by atoms with E-state index in [-0.39, 0.29) is 52.8 Å². The number of rotatable bonds is 16. The molecule has 2 saturated heterocycles. The average Bonchev–Trinajstić information content (AvgIpc) is 0.770. The molecule has 7 aromatic rings. The number of fused-ring (bicyclic) bond motifs is 15. The first-order valence-electron chi connectivity index (χ1n) is 35.9. The molecule has 2 fully saturated rings. The van der Waals surface area contributed by atoms with Gasteiger partial charge in [0.2, 0.25) is 53.4 Å². The summed E-state index contributed by atoms with van der Waals surface area (Å²) in [5, 5.41) is 134. The number of carboxylic acid groups (broad SMARTS) is 1. The Bertz CT molecular complexity index is 4870. The number of hydrogen-bond donors (Lipinski definition) is 19. The Kier molecular flexibility index (Phi) is 25.0. The number of nitrogens with one attached hydrogen (secondary N) is 7. The van der Waals surface area contributed by atoms with E-state index in [1.807, 2.05) is 36.4 Å². The molecule has 21 N–H and O–H groups in total. The molecule has 114 heavy (non-hydrogen) atoms. The number of carboxylic acids is 1. The van der Waals surface area contributed by atoms with Gasteiger partial charge in [-0.2, -0.15) is 0 Å². The van der Waals surface area contributed by atoms with Crippen LogP contribution in [0.25, 0.3) is 22.3 Å². The summed E-state index contributed by atoms with van der Waals surface area (Å²) in [5.74, 6) is -16.4. The number of hydrogen-bond acceptors (Lipinski definition) is 25. The molecule has 0 radical (unpaired) electrons. The standard InChI is InChI=1S/C78H82Cl3N9O24/c1-31(2)19-46(82)70(101)89-61-63(96)37-12-17-50(44(80)21-37)110-52-23-39-24-53(67(52)114-77-68(66(99)65(98)54(30-91)112-77)113-56-28-78(4,69(100)32(3)109-56)84-29-33-5-7-34(8-6-33)35-9-14-40(79)15-10-35)111-51-18-13-38(22-45(51)81)64(97)62-75(106)88-60(76(107)108)43-25-41(92)26-49(94)57(43)42-20-36(11-16-48(42)93)58(72(103)90-62)87-73(104)59(39)86-71(102)47(27-55(83)95)85-74(61)105/h5-18,20-26,31-32,46-47,54,56,58-66,68-69,77,84,91-94,96-100H,19,27-30,82H2,1-4H3,(H2,83,95)(H,85,105)(H,86,102)(H,87,104)(H,88,106)(H,89,101)(H,90,103)(H,107,108)/t32-,46-,47-,54+,56-,58?,59+,60-,61+,62-,63+,64+,65+,66-,68?,69+,77?,78-/m0/s1. The number of aliphatic hydroxyl groups excluding tert-OH is 6. The predicted octanol–water partition coefficient (Wildman–Crippen LogP) is 4.00. The molecule has 604 valence electrons. The van der Waals surface area contributed by atoms with Gasteiger partial charge >= 0.3 is 5.97 Å². The fourth-order valence-electron chi connectivity index (χ4n) is 14.2. The molecule has 0 aromatic heterocycles. The molecule has 0 saturated carbocycles. The highest BCUT2D eigenvalue weighted by molar-refractivity contribution is 6.32. The van der Waals surface area contributed by atoms with Crippen molar-refractivity contribution < 1.29 is 118 Å². The van der Waals surface area contributed by atoms with E-state index in [0.717, 1.165) is 83.4 Å². The van der Waals surface area contributed by atoms with Crippen LogP contribution in [0, 0.1) is 5.92 Å². The van der Waals surface area contributed by atoms with E-state index in [4.69, 9.17) is 74.7 Å². The van der Waals surface area contributed by atoms with Crippen LogP contribution in [0.4, 0.5) is 0 Å². The Morgan fingerprint density at radius 3 is 1.86 bits per heavy atom. The van der Waals surface area contributed by atoms with Crippen molar-refractivity contribution in [2.45, 2.75) is 163 Å². The van der Waals surface area contributed by atoms with Gasteiger partial charge in [0.25, 0.3) is 0 Å². The minimum Gasteiger partial charge on any atom is -0.508 e. The highest BCUT2D eigenvalue weighted by atomic mass is 35.5. The zero-order valence-corrected chi connectivity index (χ0v) is 63.3. The third kappa shape index (κ3) is 17.9. The zero-order chi connectivity index (χ0) is 82.2. The number of carbonyl (C=O) groups is 8. The molecule has 7 aromatic carbocycles. The summed E-state index contributed by atoms with van der Waals surface area (Å²) >= 11 is 20.4. The van der Waals surface area contributed by atoms with Crippen molar-refractivity contribution >= 4 is 82.1 Å². The minimum absolute atomic E-state index is 0.0681. The summed E-state index contributed by atoms with van der Waals surface area (Å²) < 4.78 is 39.4. The number of aliphatic hydroxyl groups is 6. The van der Waals surface area contributed by atoms with Crippen molar-refractivity contribution in [2.24, 2.45) is 17.4 Å². The van der Waals surface area contributed by atoms with Crippen LogP contribution >= 0.6 is 34.8 Å². The first kappa shape index (κ1) is 83.0. The number of primary amides is 1. The Balaban J connectivity index is 1.04. The van der Waals surface area contributed by atoms with Crippen LogP contribution in [-0.2, 0) is 59.1 Å². The number of aliphatic carboxylic acids is 1. The molecule has 14 rings (SSSR count). The molecule has 0 spiro atoms. The van der Waals surface area contributed by atoms with Crippen molar-refractivity contribution in [3.05, 3.63) is 176 Å². The molecule has 11 bridgehead atoms. The normalized spacial score (nSPS) is 27.4. The van der Waals surface area contributed by atoms with Gasteiger partial charge in [0.1, 0.15) is 89.5 Å². The van der Waals surface area contributed by atoms with Gasteiger partial charge in [-0.25, -0.2) is 4.79 Å². The van der Waals surface area contributed by atoms with E-state index in [9.17, 15) is 75.0 Å².